The van der Waals surface area contributed by atoms with E-state index in [1.54, 1.807) is 0 Å². The maximum atomic E-state index is 10.2. The molecule has 0 aliphatic rings. The van der Waals surface area contributed by atoms with Gasteiger partial charge in [0.05, 0.1) is 9.85 Å². The van der Waals surface area contributed by atoms with E-state index in [1.165, 1.54) is 12.1 Å². The number of aromatic hydroxyl groups is 2. The van der Waals surface area contributed by atoms with Crippen LogP contribution in [0.4, 0.5) is 11.4 Å². The van der Waals surface area contributed by atoms with Gasteiger partial charge in [-0.2, -0.15) is 0 Å². The molecule has 0 saturated heterocycles. The monoisotopic (exact) mass is 334 g/mol. The summed E-state index contributed by atoms with van der Waals surface area (Å²) in [6, 6.07) is 6.86. The minimum atomic E-state index is -0.748. The highest BCUT2D eigenvalue weighted by Crippen LogP contribution is 2.26. The number of benzene rings is 2. The number of rotatable bonds is 4. The predicted octanol–water partition coefficient (Wildman–Crippen LogP) is 2.23. The van der Waals surface area contributed by atoms with E-state index in [-0.39, 0.29) is 11.1 Å². The van der Waals surface area contributed by atoms with Gasteiger partial charge in [-0.05, 0) is 24.3 Å². The topological polar surface area (TPSA) is 161 Å². The summed E-state index contributed by atoms with van der Waals surface area (Å²) in [7, 11) is 0. The molecule has 0 spiro atoms. The minimum absolute atomic E-state index is 0.166. The van der Waals surface area contributed by atoms with Crippen LogP contribution in [0.25, 0.3) is 0 Å². The van der Waals surface area contributed by atoms with Crippen LogP contribution in [0, 0.1) is 20.2 Å². The third-order valence-electron chi connectivity index (χ3n) is 2.66. The van der Waals surface area contributed by atoms with Gasteiger partial charge >= 0.3 is 11.4 Å². The molecule has 2 aromatic rings. The molecule has 0 unspecified atom stereocenters. The quantitative estimate of drug-likeness (QED) is 0.488. The molecule has 10 heteroatoms. The molecule has 0 aliphatic heterocycles. The van der Waals surface area contributed by atoms with Crippen molar-refractivity contribution in [1.29, 1.82) is 0 Å². The molecular weight excluding hydrogens is 324 g/mol. The lowest BCUT2D eigenvalue weighted by Crippen LogP contribution is -1.90. The lowest BCUT2D eigenvalue weighted by molar-refractivity contribution is -0.386. The highest BCUT2D eigenvalue weighted by atomic mass is 16.6. The zero-order valence-corrected chi connectivity index (χ0v) is 11.9. The van der Waals surface area contributed by atoms with Crippen molar-refractivity contribution in [1.82, 2.24) is 0 Å². The van der Waals surface area contributed by atoms with Crippen molar-refractivity contribution in [2.45, 2.75) is 0 Å². The SMILES string of the molecule is O=Cc1ccc(O)c([N+](=O)[O-])c1.O=Cc1ccc(O)c([N+](=O)[O-])c1. The summed E-state index contributed by atoms with van der Waals surface area (Å²) < 4.78 is 0. The standard InChI is InChI=1S/2C7H5NO4/c2*9-4-5-1-2-7(10)6(3-5)8(11)12/h2*1-4,10H. The first-order chi connectivity index (χ1) is 11.3. The average Bonchev–Trinajstić information content (AvgIpc) is 2.56. The number of phenolic OH excluding ortho intramolecular Hbond substituents is 2. The van der Waals surface area contributed by atoms with E-state index < -0.39 is 32.7 Å². The Kier molecular flexibility index (Phi) is 6.06. The summed E-state index contributed by atoms with van der Waals surface area (Å²) in [4.78, 5) is 39.3. The summed E-state index contributed by atoms with van der Waals surface area (Å²) >= 11 is 0. The van der Waals surface area contributed by atoms with E-state index in [2.05, 4.69) is 0 Å². The first-order valence-corrected chi connectivity index (χ1v) is 6.15. The molecular formula is C14H10N2O8. The molecule has 0 heterocycles. The van der Waals surface area contributed by atoms with Crippen molar-refractivity contribution in [3.05, 3.63) is 67.8 Å². The van der Waals surface area contributed by atoms with Crippen molar-refractivity contribution in [2.24, 2.45) is 0 Å². The molecule has 24 heavy (non-hydrogen) atoms. The van der Waals surface area contributed by atoms with Crippen LogP contribution >= 0.6 is 0 Å². The van der Waals surface area contributed by atoms with Crippen molar-refractivity contribution >= 4 is 23.9 Å². The summed E-state index contributed by atoms with van der Waals surface area (Å²) in [5.41, 5.74) is -0.585. The Morgan fingerprint density at radius 1 is 0.750 bits per heavy atom. The molecule has 124 valence electrons. The van der Waals surface area contributed by atoms with Crippen LogP contribution in [0.1, 0.15) is 20.7 Å². The molecule has 2 aromatic carbocycles. The van der Waals surface area contributed by atoms with E-state index >= 15 is 0 Å². The fourth-order valence-corrected chi connectivity index (χ4v) is 1.52. The van der Waals surface area contributed by atoms with Crippen LogP contribution < -0.4 is 0 Å². The van der Waals surface area contributed by atoms with Gasteiger partial charge in [0.2, 0.25) is 0 Å². The van der Waals surface area contributed by atoms with Crippen molar-refractivity contribution in [3.63, 3.8) is 0 Å². The van der Waals surface area contributed by atoms with Crippen LogP contribution in [0.2, 0.25) is 0 Å². The molecule has 0 atom stereocenters. The van der Waals surface area contributed by atoms with Crippen LogP contribution in [-0.2, 0) is 0 Å². The molecule has 0 amide bonds. The summed E-state index contributed by atoms with van der Waals surface area (Å²) in [5.74, 6) is -0.879. The van der Waals surface area contributed by atoms with Crippen LogP contribution in [0.3, 0.4) is 0 Å². The summed E-state index contributed by atoms with van der Waals surface area (Å²) in [5, 5.41) is 38.3. The second-order valence-corrected chi connectivity index (χ2v) is 4.25. The Balaban J connectivity index is 0.000000240. The van der Waals surface area contributed by atoms with Crippen molar-refractivity contribution < 1.29 is 29.6 Å². The summed E-state index contributed by atoms with van der Waals surface area (Å²) in [6.07, 6.45) is 0.957. The Morgan fingerprint density at radius 3 is 1.33 bits per heavy atom. The smallest absolute Gasteiger partial charge is 0.311 e. The molecule has 0 radical (unpaired) electrons. The lowest BCUT2D eigenvalue weighted by Gasteiger charge is -1.94. The maximum Gasteiger partial charge on any atom is 0.311 e. The van der Waals surface area contributed by atoms with Crippen molar-refractivity contribution in [3.8, 4) is 11.5 Å². The number of carbonyl (C=O) groups is 2. The van der Waals surface area contributed by atoms with Gasteiger partial charge in [0.25, 0.3) is 0 Å². The van der Waals surface area contributed by atoms with Gasteiger partial charge in [0.1, 0.15) is 12.6 Å². The first-order valence-electron chi connectivity index (χ1n) is 6.15. The zero-order chi connectivity index (χ0) is 18.3. The lowest BCUT2D eigenvalue weighted by atomic mass is 10.2. The molecule has 2 N–H and O–H groups in total. The fourth-order valence-electron chi connectivity index (χ4n) is 1.52. The predicted molar refractivity (Wildman–Crippen MR) is 80.3 cm³/mol. The third kappa shape index (κ3) is 4.59. The first kappa shape index (κ1) is 18.2. The van der Waals surface area contributed by atoms with E-state index in [1.807, 2.05) is 0 Å². The molecule has 0 bridgehead atoms. The van der Waals surface area contributed by atoms with E-state index in [0.717, 1.165) is 24.3 Å². The Hall–Kier alpha value is -3.82. The average molecular weight is 334 g/mol. The van der Waals surface area contributed by atoms with Gasteiger partial charge in [-0.25, -0.2) is 0 Å². The zero-order valence-electron chi connectivity index (χ0n) is 11.9. The third-order valence-corrected chi connectivity index (χ3v) is 2.66. The Labute approximate surface area is 133 Å². The molecule has 0 aliphatic carbocycles. The summed E-state index contributed by atoms with van der Waals surface area (Å²) in [6.45, 7) is 0. The number of hydrogen-bond donors (Lipinski definition) is 2. The van der Waals surface area contributed by atoms with Gasteiger partial charge in [-0.1, -0.05) is 0 Å². The van der Waals surface area contributed by atoms with Crippen molar-refractivity contribution in [2.75, 3.05) is 0 Å². The van der Waals surface area contributed by atoms with Gasteiger partial charge in [0, 0.05) is 23.3 Å². The van der Waals surface area contributed by atoms with Crippen LogP contribution in [0.15, 0.2) is 36.4 Å². The largest absolute Gasteiger partial charge is 0.502 e. The van der Waals surface area contributed by atoms with Gasteiger partial charge < -0.3 is 10.2 Å². The highest BCUT2D eigenvalue weighted by molar-refractivity contribution is 5.77. The molecule has 10 nitrogen and oxygen atoms in total. The number of aldehydes is 2. The van der Waals surface area contributed by atoms with Crippen LogP contribution in [0.5, 0.6) is 11.5 Å². The van der Waals surface area contributed by atoms with Gasteiger partial charge in [-0.15, -0.1) is 0 Å². The number of hydrogen-bond acceptors (Lipinski definition) is 8. The number of nitro benzene ring substituents is 2. The minimum Gasteiger partial charge on any atom is -0.502 e. The number of phenols is 2. The molecule has 0 aromatic heterocycles. The normalized spacial score (nSPS) is 9.33. The maximum absolute atomic E-state index is 10.2. The second-order valence-electron chi connectivity index (χ2n) is 4.25. The molecule has 0 fully saturated rings. The Bertz CT molecular complexity index is 736. The number of nitrogens with zero attached hydrogens (tertiary/aromatic N) is 2. The molecule has 0 saturated carbocycles. The second kappa shape index (κ2) is 7.98. The highest BCUT2D eigenvalue weighted by Gasteiger charge is 2.13. The molecule has 2 rings (SSSR count). The Morgan fingerprint density at radius 2 is 1.08 bits per heavy atom. The van der Waals surface area contributed by atoms with Gasteiger partial charge in [0.15, 0.2) is 11.5 Å². The van der Waals surface area contributed by atoms with Crippen LogP contribution in [-0.4, -0.2) is 32.6 Å². The van der Waals surface area contributed by atoms with E-state index in [9.17, 15) is 29.8 Å². The van der Waals surface area contributed by atoms with E-state index in [4.69, 9.17) is 10.2 Å². The van der Waals surface area contributed by atoms with E-state index in [0.29, 0.717) is 12.6 Å². The fraction of sp³-hybridized carbons (Fsp3) is 0. The number of carbonyl (C=O) groups excluding carboxylic acids is 2. The number of nitro groups is 2. The van der Waals surface area contributed by atoms with Gasteiger partial charge in [-0.3, -0.25) is 29.8 Å².